The highest BCUT2D eigenvalue weighted by Gasteiger charge is 2.19. The summed E-state index contributed by atoms with van der Waals surface area (Å²) in [5.41, 5.74) is 0. The van der Waals surface area contributed by atoms with E-state index in [1.807, 2.05) is 0 Å². The maximum Gasteiger partial charge on any atom is 0.306 e. The topological polar surface area (TPSA) is 78.9 Å². The summed E-state index contributed by atoms with van der Waals surface area (Å²) >= 11 is 0. The summed E-state index contributed by atoms with van der Waals surface area (Å²) < 4.78 is 16.8. The van der Waals surface area contributed by atoms with Gasteiger partial charge in [-0.25, -0.2) is 0 Å². The SMILES string of the molecule is CC/C=C\C/C=C\C/C=C\C/C=C\CCCCCCCCC(=O)OCC(COC(=O)CCCCCCCCCCCCC)OC(=O)CCCCCC/C=C\C/C=C\C/C=C\CC. The van der Waals surface area contributed by atoms with Crippen LogP contribution < -0.4 is 0 Å². The Bertz CT molecular complexity index is 1220. The van der Waals surface area contributed by atoms with Gasteiger partial charge in [0.15, 0.2) is 6.10 Å². The summed E-state index contributed by atoms with van der Waals surface area (Å²) in [5.74, 6) is -0.928. The van der Waals surface area contributed by atoms with Gasteiger partial charge in [-0.2, -0.15) is 0 Å². The van der Waals surface area contributed by atoms with E-state index in [-0.39, 0.29) is 31.1 Å². The number of ether oxygens (including phenoxy) is 3. The average Bonchev–Trinajstić information content (AvgIpc) is 3.27. The molecule has 6 heteroatoms. The summed E-state index contributed by atoms with van der Waals surface area (Å²) in [5, 5.41) is 0. The van der Waals surface area contributed by atoms with Crippen molar-refractivity contribution < 1.29 is 28.6 Å². The van der Waals surface area contributed by atoms with Crippen molar-refractivity contribution in [3.63, 3.8) is 0 Å². The molecule has 62 heavy (non-hydrogen) atoms. The first kappa shape index (κ1) is 58.6. The largest absolute Gasteiger partial charge is 0.462 e. The monoisotopic (exact) mass is 863 g/mol. The van der Waals surface area contributed by atoms with Crippen molar-refractivity contribution in [2.75, 3.05) is 13.2 Å². The molecule has 0 aliphatic heterocycles. The van der Waals surface area contributed by atoms with Crippen LogP contribution in [0.2, 0.25) is 0 Å². The Morgan fingerprint density at radius 2 is 0.629 bits per heavy atom. The van der Waals surface area contributed by atoms with E-state index < -0.39 is 6.10 Å². The van der Waals surface area contributed by atoms with E-state index in [1.54, 1.807) is 0 Å². The van der Waals surface area contributed by atoms with Gasteiger partial charge in [-0.15, -0.1) is 0 Å². The van der Waals surface area contributed by atoms with Gasteiger partial charge in [0.2, 0.25) is 0 Å². The molecule has 1 unspecified atom stereocenters. The van der Waals surface area contributed by atoms with Gasteiger partial charge < -0.3 is 14.2 Å². The highest BCUT2D eigenvalue weighted by atomic mass is 16.6. The molecule has 0 aliphatic carbocycles. The van der Waals surface area contributed by atoms with Crippen molar-refractivity contribution >= 4 is 17.9 Å². The molecule has 0 saturated heterocycles. The number of esters is 3. The molecule has 6 nitrogen and oxygen atoms in total. The van der Waals surface area contributed by atoms with E-state index in [9.17, 15) is 14.4 Å². The lowest BCUT2D eigenvalue weighted by atomic mass is 10.1. The van der Waals surface area contributed by atoms with Gasteiger partial charge in [-0.05, 0) is 89.9 Å². The van der Waals surface area contributed by atoms with Crippen LogP contribution in [0.15, 0.2) is 85.1 Å². The van der Waals surface area contributed by atoms with E-state index in [1.165, 1.54) is 64.2 Å². The van der Waals surface area contributed by atoms with Crippen LogP contribution >= 0.6 is 0 Å². The molecular formula is C56H94O6. The Kier molecular flexibility index (Phi) is 47.5. The third-order valence-corrected chi connectivity index (χ3v) is 10.6. The summed E-state index contributed by atoms with van der Waals surface area (Å²) in [4.78, 5) is 37.9. The lowest BCUT2D eigenvalue weighted by Crippen LogP contribution is -2.30. The molecule has 0 radical (unpaired) electrons. The Labute approximate surface area is 382 Å². The zero-order valence-corrected chi connectivity index (χ0v) is 40.4. The van der Waals surface area contributed by atoms with Crippen LogP contribution in [0.1, 0.15) is 233 Å². The second-order valence-electron chi connectivity index (χ2n) is 16.7. The predicted octanol–water partition coefficient (Wildman–Crippen LogP) is 16.8. The molecule has 0 bridgehead atoms. The second kappa shape index (κ2) is 50.2. The van der Waals surface area contributed by atoms with Crippen LogP contribution in [0.3, 0.4) is 0 Å². The van der Waals surface area contributed by atoms with Crippen LogP contribution in [0.4, 0.5) is 0 Å². The van der Waals surface area contributed by atoms with Crippen molar-refractivity contribution in [3.8, 4) is 0 Å². The van der Waals surface area contributed by atoms with Crippen LogP contribution in [0.25, 0.3) is 0 Å². The lowest BCUT2D eigenvalue weighted by Gasteiger charge is -2.18. The van der Waals surface area contributed by atoms with Gasteiger partial charge in [0, 0.05) is 19.3 Å². The average molecular weight is 863 g/mol. The van der Waals surface area contributed by atoms with E-state index >= 15 is 0 Å². The van der Waals surface area contributed by atoms with E-state index in [4.69, 9.17) is 14.2 Å². The standard InChI is InChI=1S/C56H94O6/c1-4-7-10-13-16-19-22-24-26-27-28-29-30-32-34-37-40-43-46-49-55(58)61-52-53(51-60-54(57)48-45-42-39-36-33-21-18-15-12-9-6-3)62-56(59)50-47-44-41-38-35-31-25-23-20-17-14-11-8-5-2/h7-8,10-11,16-17,19-20,24-26,28-29,31,53H,4-6,9,12-15,18,21-23,27,30,32-52H2,1-3H3/b10-7-,11-8-,19-16-,20-17-,26-24-,29-28-,31-25-. The fourth-order valence-corrected chi connectivity index (χ4v) is 6.86. The normalized spacial score (nSPS) is 12.8. The predicted molar refractivity (Wildman–Crippen MR) is 265 cm³/mol. The van der Waals surface area contributed by atoms with Crippen LogP contribution in [0, 0.1) is 0 Å². The fraction of sp³-hybridized carbons (Fsp3) is 0.696. The van der Waals surface area contributed by atoms with Crippen molar-refractivity contribution in [1.29, 1.82) is 0 Å². The molecule has 0 aromatic carbocycles. The van der Waals surface area contributed by atoms with Crippen LogP contribution in [-0.2, 0) is 28.6 Å². The minimum absolute atomic E-state index is 0.0895. The van der Waals surface area contributed by atoms with Gasteiger partial charge in [-0.3, -0.25) is 14.4 Å². The Hall–Kier alpha value is -3.41. The number of carbonyl (C=O) groups is 3. The maximum absolute atomic E-state index is 12.8. The first-order chi connectivity index (χ1) is 30.5. The van der Waals surface area contributed by atoms with E-state index in [0.717, 1.165) is 128 Å². The molecule has 0 aliphatic rings. The minimum atomic E-state index is -0.792. The highest BCUT2D eigenvalue weighted by Crippen LogP contribution is 2.14. The number of rotatable bonds is 45. The van der Waals surface area contributed by atoms with Gasteiger partial charge in [-0.1, -0.05) is 209 Å². The van der Waals surface area contributed by atoms with Crippen molar-refractivity contribution in [2.45, 2.75) is 239 Å². The first-order valence-electron chi connectivity index (χ1n) is 25.6. The molecule has 0 heterocycles. The highest BCUT2D eigenvalue weighted by molar-refractivity contribution is 5.71. The van der Waals surface area contributed by atoms with Crippen LogP contribution in [0.5, 0.6) is 0 Å². The Morgan fingerprint density at radius 3 is 0.984 bits per heavy atom. The quantitative estimate of drug-likeness (QED) is 0.0263. The molecule has 0 spiro atoms. The Balaban J connectivity index is 4.41. The van der Waals surface area contributed by atoms with Crippen molar-refractivity contribution in [2.24, 2.45) is 0 Å². The van der Waals surface area contributed by atoms with Crippen LogP contribution in [-0.4, -0.2) is 37.2 Å². The molecule has 0 aromatic heterocycles. The molecular weight excluding hydrogens is 769 g/mol. The third kappa shape index (κ3) is 47.6. The molecule has 0 aromatic rings. The van der Waals surface area contributed by atoms with Gasteiger partial charge >= 0.3 is 17.9 Å². The van der Waals surface area contributed by atoms with Crippen molar-refractivity contribution in [3.05, 3.63) is 85.1 Å². The maximum atomic E-state index is 12.8. The first-order valence-corrected chi connectivity index (χ1v) is 25.6. The number of hydrogen-bond acceptors (Lipinski definition) is 6. The number of unbranched alkanes of at least 4 members (excludes halogenated alkanes) is 20. The summed E-state index contributed by atoms with van der Waals surface area (Å²) in [6, 6.07) is 0. The number of carbonyl (C=O) groups excluding carboxylic acids is 3. The third-order valence-electron chi connectivity index (χ3n) is 10.6. The van der Waals surface area contributed by atoms with Gasteiger partial charge in [0.25, 0.3) is 0 Å². The minimum Gasteiger partial charge on any atom is -0.462 e. The smallest absolute Gasteiger partial charge is 0.306 e. The molecule has 0 rings (SSSR count). The zero-order valence-electron chi connectivity index (χ0n) is 40.4. The lowest BCUT2D eigenvalue weighted by molar-refractivity contribution is -0.167. The zero-order chi connectivity index (χ0) is 45.1. The molecule has 0 N–H and O–H groups in total. The molecule has 354 valence electrons. The van der Waals surface area contributed by atoms with Gasteiger partial charge in [0.1, 0.15) is 13.2 Å². The molecule has 0 amide bonds. The molecule has 0 fully saturated rings. The number of hydrogen-bond donors (Lipinski definition) is 0. The Morgan fingerprint density at radius 1 is 0.339 bits per heavy atom. The summed E-state index contributed by atoms with van der Waals surface area (Å²) in [6.45, 7) is 6.37. The summed E-state index contributed by atoms with van der Waals surface area (Å²) in [7, 11) is 0. The molecule has 1 atom stereocenters. The fourth-order valence-electron chi connectivity index (χ4n) is 6.86. The van der Waals surface area contributed by atoms with E-state index in [2.05, 4.69) is 106 Å². The van der Waals surface area contributed by atoms with E-state index in [0.29, 0.717) is 19.3 Å². The van der Waals surface area contributed by atoms with Crippen molar-refractivity contribution in [1.82, 2.24) is 0 Å². The number of allylic oxidation sites excluding steroid dienone is 14. The van der Waals surface area contributed by atoms with Gasteiger partial charge in [0.05, 0.1) is 0 Å². The second-order valence-corrected chi connectivity index (χ2v) is 16.7. The molecule has 0 saturated carbocycles. The summed E-state index contributed by atoms with van der Waals surface area (Å²) in [6.07, 6.45) is 64.2.